The lowest BCUT2D eigenvalue weighted by Gasteiger charge is -2.07. The smallest absolute Gasteiger partial charge is 0.258 e. The van der Waals surface area contributed by atoms with E-state index in [1.165, 1.54) is 0 Å². The quantitative estimate of drug-likeness (QED) is 0.799. The Bertz CT molecular complexity index is 856. The topological polar surface area (TPSA) is 81.4 Å². The fraction of sp³-hybridized carbons (Fsp3) is 0.200. The van der Waals surface area contributed by atoms with Crippen molar-refractivity contribution >= 4 is 17.6 Å². The van der Waals surface area contributed by atoms with Crippen molar-refractivity contribution in [3.05, 3.63) is 47.3 Å². The number of amides is 1. The molecule has 3 rings (SSSR count). The number of nitrogens with zero attached hydrogens (tertiary/aromatic N) is 4. The van der Waals surface area contributed by atoms with Gasteiger partial charge in [-0.2, -0.15) is 0 Å². The number of ether oxygens (including phenoxy) is 1. The van der Waals surface area contributed by atoms with Gasteiger partial charge in [-0.15, -0.1) is 10.2 Å². The monoisotopic (exact) mass is 297 g/mol. The van der Waals surface area contributed by atoms with Crippen molar-refractivity contribution in [1.29, 1.82) is 0 Å². The van der Waals surface area contributed by atoms with Crippen LogP contribution in [-0.2, 0) is 0 Å². The molecule has 0 spiro atoms. The summed E-state index contributed by atoms with van der Waals surface area (Å²) in [5, 5.41) is 10.6. The van der Waals surface area contributed by atoms with Crippen LogP contribution >= 0.6 is 0 Å². The van der Waals surface area contributed by atoms with E-state index < -0.39 is 0 Å². The number of hydrogen-bond acceptors (Lipinski definition) is 5. The van der Waals surface area contributed by atoms with Crippen molar-refractivity contribution in [2.75, 3.05) is 12.4 Å². The third kappa shape index (κ3) is 2.48. The van der Waals surface area contributed by atoms with Crippen LogP contribution in [-0.4, -0.2) is 32.6 Å². The Kier molecular flexibility index (Phi) is 3.46. The van der Waals surface area contributed by atoms with Gasteiger partial charge in [0.05, 0.1) is 7.11 Å². The second-order valence-electron chi connectivity index (χ2n) is 4.90. The third-order valence-electron chi connectivity index (χ3n) is 3.30. The van der Waals surface area contributed by atoms with Gasteiger partial charge in [-0.25, -0.2) is 4.98 Å². The van der Waals surface area contributed by atoms with E-state index in [2.05, 4.69) is 20.5 Å². The van der Waals surface area contributed by atoms with E-state index >= 15 is 0 Å². The molecule has 0 aliphatic rings. The van der Waals surface area contributed by atoms with Crippen LogP contribution in [0.5, 0.6) is 5.75 Å². The maximum absolute atomic E-state index is 12.3. The Morgan fingerprint density at radius 3 is 2.77 bits per heavy atom. The van der Waals surface area contributed by atoms with Crippen LogP contribution < -0.4 is 10.1 Å². The first-order chi connectivity index (χ1) is 10.6. The number of nitrogens with one attached hydrogen (secondary N) is 1. The molecule has 0 aliphatic heterocycles. The lowest BCUT2D eigenvalue weighted by atomic mass is 10.1. The summed E-state index contributed by atoms with van der Waals surface area (Å²) in [6.07, 6.45) is 1.77. The van der Waals surface area contributed by atoms with E-state index in [1.54, 1.807) is 35.9 Å². The van der Waals surface area contributed by atoms with Gasteiger partial charge >= 0.3 is 0 Å². The van der Waals surface area contributed by atoms with Crippen LogP contribution in [0.25, 0.3) is 5.78 Å². The van der Waals surface area contributed by atoms with Crippen LogP contribution in [0, 0.1) is 13.8 Å². The Morgan fingerprint density at radius 2 is 2.05 bits per heavy atom. The molecule has 0 aliphatic carbocycles. The summed E-state index contributed by atoms with van der Waals surface area (Å²) in [6, 6.07) is 7.05. The lowest BCUT2D eigenvalue weighted by molar-refractivity contribution is 0.102. The van der Waals surface area contributed by atoms with Gasteiger partial charge in [-0.1, -0.05) is 0 Å². The second-order valence-corrected chi connectivity index (χ2v) is 4.90. The highest BCUT2D eigenvalue weighted by Gasteiger charge is 2.13. The Labute approximate surface area is 127 Å². The number of fused-ring (bicyclic) bond motifs is 1. The van der Waals surface area contributed by atoms with Crippen molar-refractivity contribution < 1.29 is 9.53 Å². The Morgan fingerprint density at radius 1 is 1.23 bits per heavy atom. The normalized spacial score (nSPS) is 10.7. The molecule has 0 bridgehead atoms. The van der Waals surface area contributed by atoms with Crippen molar-refractivity contribution in [3.8, 4) is 5.75 Å². The van der Waals surface area contributed by atoms with Crippen LogP contribution in [0.1, 0.15) is 21.6 Å². The molecule has 0 atom stereocenters. The molecular formula is C15H15N5O2. The Hall–Kier alpha value is -2.96. The molecule has 1 N–H and O–H groups in total. The number of aryl methyl sites for hydroxylation is 2. The highest BCUT2D eigenvalue weighted by Crippen LogP contribution is 2.19. The van der Waals surface area contributed by atoms with Gasteiger partial charge in [0.15, 0.2) is 0 Å². The Balaban J connectivity index is 1.88. The fourth-order valence-electron chi connectivity index (χ4n) is 2.15. The average molecular weight is 297 g/mol. The number of benzene rings is 1. The molecule has 0 unspecified atom stereocenters. The summed E-state index contributed by atoms with van der Waals surface area (Å²) in [5.41, 5.74) is 2.25. The van der Waals surface area contributed by atoms with Gasteiger partial charge in [0.25, 0.3) is 11.7 Å². The first-order valence-electron chi connectivity index (χ1n) is 6.73. The number of carbonyl (C=O) groups is 1. The number of anilines is 1. The number of aromatic nitrogens is 4. The zero-order chi connectivity index (χ0) is 15.7. The zero-order valence-electron chi connectivity index (χ0n) is 12.5. The standard InChI is InChI=1S/C15H15N5O2/c1-9-8-11(4-5-12(9)22-3)13(21)17-15-19-18-14-16-10(2)6-7-20(14)15/h4-8H,1-3H3,(H,17,19,21). The van der Waals surface area contributed by atoms with Gasteiger partial charge in [-0.3, -0.25) is 14.5 Å². The minimum absolute atomic E-state index is 0.263. The predicted molar refractivity (Wildman–Crippen MR) is 81.2 cm³/mol. The van der Waals surface area contributed by atoms with E-state index in [4.69, 9.17) is 4.74 Å². The van der Waals surface area contributed by atoms with Gasteiger partial charge in [0, 0.05) is 17.5 Å². The number of hydrogen-bond donors (Lipinski definition) is 1. The first-order valence-corrected chi connectivity index (χ1v) is 6.73. The maximum atomic E-state index is 12.3. The second kappa shape index (κ2) is 5.44. The summed E-state index contributed by atoms with van der Waals surface area (Å²) in [5.74, 6) is 1.26. The summed E-state index contributed by atoms with van der Waals surface area (Å²) in [4.78, 5) is 16.6. The SMILES string of the molecule is COc1ccc(C(=O)Nc2nnc3nc(C)ccn23)cc1C. The van der Waals surface area contributed by atoms with E-state index in [1.807, 2.05) is 19.9 Å². The number of carbonyl (C=O) groups excluding carboxylic acids is 1. The molecule has 2 heterocycles. The summed E-state index contributed by atoms with van der Waals surface area (Å²) < 4.78 is 6.81. The molecule has 3 aromatic rings. The summed E-state index contributed by atoms with van der Waals surface area (Å²) in [7, 11) is 1.60. The molecule has 112 valence electrons. The third-order valence-corrected chi connectivity index (χ3v) is 3.30. The molecule has 0 fully saturated rings. The van der Waals surface area contributed by atoms with Crippen LogP contribution in [0.15, 0.2) is 30.5 Å². The molecule has 22 heavy (non-hydrogen) atoms. The van der Waals surface area contributed by atoms with E-state index in [0.29, 0.717) is 17.3 Å². The van der Waals surface area contributed by atoms with E-state index in [0.717, 1.165) is 17.0 Å². The minimum atomic E-state index is -0.263. The molecular weight excluding hydrogens is 282 g/mol. The number of rotatable bonds is 3. The first kappa shape index (κ1) is 14.0. The minimum Gasteiger partial charge on any atom is -0.496 e. The van der Waals surface area contributed by atoms with Crippen LogP contribution in [0.2, 0.25) is 0 Å². The fourth-order valence-corrected chi connectivity index (χ4v) is 2.15. The molecule has 0 saturated carbocycles. The maximum Gasteiger partial charge on any atom is 0.258 e. The highest BCUT2D eigenvalue weighted by atomic mass is 16.5. The summed E-state index contributed by atoms with van der Waals surface area (Å²) >= 11 is 0. The van der Waals surface area contributed by atoms with E-state index in [9.17, 15) is 4.79 Å². The van der Waals surface area contributed by atoms with Gasteiger partial charge in [-0.05, 0) is 43.7 Å². The summed E-state index contributed by atoms with van der Waals surface area (Å²) in [6.45, 7) is 3.75. The molecule has 7 nitrogen and oxygen atoms in total. The van der Waals surface area contributed by atoms with Gasteiger partial charge < -0.3 is 4.74 Å². The van der Waals surface area contributed by atoms with Crippen molar-refractivity contribution in [1.82, 2.24) is 19.6 Å². The average Bonchev–Trinajstić information content (AvgIpc) is 2.89. The van der Waals surface area contributed by atoms with Crippen molar-refractivity contribution in [2.24, 2.45) is 0 Å². The van der Waals surface area contributed by atoms with Crippen molar-refractivity contribution in [3.63, 3.8) is 0 Å². The van der Waals surface area contributed by atoms with E-state index in [-0.39, 0.29) is 5.91 Å². The van der Waals surface area contributed by atoms with Crippen LogP contribution in [0.3, 0.4) is 0 Å². The molecule has 1 aromatic carbocycles. The highest BCUT2D eigenvalue weighted by molar-refractivity contribution is 6.03. The molecule has 0 saturated heterocycles. The van der Waals surface area contributed by atoms with Gasteiger partial charge in [0.1, 0.15) is 5.75 Å². The molecule has 2 aromatic heterocycles. The lowest BCUT2D eigenvalue weighted by Crippen LogP contribution is -2.14. The number of methoxy groups -OCH3 is 1. The van der Waals surface area contributed by atoms with Crippen LogP contribution in [0.4, 0.5) is 5.95 Å². The molecule has 1 amide bonds. The largest absolute Gasteiger partial charge is 0.496 e. The van der Waals surface area contributed by atoms with Gasteiger partial charge in [0.2, 0.25) is 5.95 Å². The van der Waals surface area contributed by atoms with Crippen molar-refractivity contribution in [2.45, 2.75) is 13.8 Å². The zero-order valence-corrected chi connectivity index (χ0v) is 12.5. The molecule has 0 radical (unpaired) electrons. The predicted octanol–water partition coefficient (Wildman–Crippen LogP) is 2.00. The molecule has 7 heteroatoms.